The molecule has 0 saturated heterocycles. The highest BCUT2D eigenvalue weighted by Gasteiger charge is 2.26. The normalized spacial score (nSPS) is 11.4. The first-order valence-corrected chi connectivity index (χ1v) is 8.08. The Morgan fingerprint density at radius 2 is 2.04 bits per heavy atom. The Kier molecular flexibility index (Phi) is 5.66. The number of carbonyl (C=O) groups excluding carboxylic acids is 2. The number of likely N-dealkylation sites (N-methyl/N-ethyl adjacent to an activating group) is 1. The van der Waals surface area contributed by atoms with E-state index in [0.29, 0.717) is 5.01 Å². The third-order valence-electron chi connectivity index (χ3n) is 3.45. The summed E-state index contributed by atoms with van der Waals surface area (Å²) in [5.74, 6) is -1.39. The number of Topliss-reactive ketones (excluding diaryl/α,β-unsaturated/α-hetero) is 1. The van der Waals surface area contributed by atoms with Crippen molar-refractivity contribution >= 4 is 23.2 Å². The van der Waals surface area contributed by atoms with Crippen LogP contribution in [0.2, 0.25) is 0 Å². The summed E-state index contributed by atoms with van der Waals surface area (Å²) in [7, 11) is 2.68. The van der Waals surface area contributed by atoms with E-state index in [1.54, 1.807) is 0 Å². The van der Waals surface area contributed by atoms with Crippen molar-refractivity contribution in [2.75, 3.05) is 20.7 Å². The highest BCUT2D eigenvalue weighted by Crippen LogP contribution is 2.27. The Bertz CT molecular complexity index is 777. The van der Waals surface area contributed by atoms with Gasteiger partial charge >= 0.3 is 6.09 Å². The minimum atomic E-state index is -0.999. The van der Waals surface area contributed by atoms with Crippen LogP contribution in [0.15, 0.2) is 29.6 Å². The molecule has 1 amide bonds. The minimum absolute atomic E-state index is 0.204. The summed E-state index contributed by atoms with van der Waals surface area (Å²) >= 11 is 1.26. The van der Waals surface area contributed by atoms with Crippen LogP contribution in [0.5, 0.6) is 0 Å². The smallest absolute Gasteiger partial charge is 0.409 e. The molecule has 0 bridgehead atoms. The van der Waals surface area contributed by atoms with Crippen LogP contribution in [-0.4, -0.2) is 42.5 Å². The van der Waals surface area contributed by atoms with Gasteiger partial charge in [-0.05, 0) is 6.92 Å². The quantitative estimate of drug-likeness (QED) is 0.833. The first-order chi connectivity index (χ1) is 11.5. The predicted octanol–water partition coefficient (Wildman–Crippen LogP) is 2.99. The number of methoxy groups -OCH3 is 1. The lowest BCUT2D eigenvalue weighted by atomic mass is 10.1. The van der Waals surface area contributed by atoms with E-state index in [1.807, 2.05) is 42.6 Å². The molecule has 0 aliphatic rings. The zero-order chi connectivity index (χ0) is 17.7. The average Bonchev–Trinajstić information content (AvgIpc) is 3.05. The zero-order valence-corrected chi connectivity index (χ0v) is 14.5. The van der Waals surface area contributed by atoms with Gasteiger partial charge in [-0.1, -0.05) is 29.8 Å². The van der Waals surface area contributed by atoms with Crippen molar-refractivity contribution in [1.29, 1.82) is 5.26 Å². The van der Waals surface area contributed by atoms with Gasteiger partial charge in [-0.2, -0.15) is 5.26 Å². The van der Waals surface area contributed by atoms with Crippen molar-refractivity contribution in [3.05, 3.63) is 40.2 Å². The number of aryl methyl sites for hydroxylation is 1. The van der Waals surface area contributed by atoms with Gasteiger partial charge in [0.25, 0.3) is 0 Å². The van der Waals surface area contributed by atoms with Crippen LogP contribution in [0.25, 0.3) is 11.3 Å². The lowest BCUT2D eigenvalue weighted by molar-refractivity contribution is -0.120. The van der Waals surface area contributed by atoms with E-state index in [4.69, 9.17) is 0 Å². The van der Waals surface area contributed by atoms with Crippen molar-refractivity contribution in [3.8, 4) is 17.3 Å². The summed E-state index contributed by atoms with van der Waals surface area (Å²) in [6, 6.07) is 9.83. The highest BCUT2D eigenvalue weighted by molar-refractivity contribution is 7.10. The van der Waals surface area contributed by atoms with E-state index in [9.17, 15) is 14.9 Å². The molecule has 0 aliphatic heterocycles. The number of rotatable bonds is 5. The summed E-state index contributed by atoms with van der Waals surface area (Å²) in [6.07, 6.45) is -0.625. The van der Waals surface area contributed by atoms with Crippen molar-refractivity contribution in [2.45, 2.75) is 12.8 Å². The third-order valence-corrected chi connectivity index (χ3v) is 4.36. The zero-order valence-electron chi connectivity index (χ0n) is 13.6. The minimum Gasteiger partial charge on any atom is -0.453 e. The number of carbonyl (C=O) groups is 2. The van der Waals surface area contributed by atoms with E-state index >= 15 is 0 Å². The summed E-state index contributed by atoms with van der Waals surface area (Å²) in [4.78, 5) is 29.2. The largest absolute Gasteiger partial charge is 0.453 e. The second kappa shape index (κ2) is 7.70. The van der Waals surface area contributed by atoms with Gasteiger partial charge in [0.2, 0.25) is 0 Å². The van der Waals surface area contributed by atoms with Crippen molar-refractivity contribution in [1.82, 2.24) is 9.88 Å². The molecule has 0 saturated carbocycles. The number of aromatic nitrogens is 1. The van der Waals surface area contributed by atoms with Gasteiger partial charge < -0.3 is 9.64 Å². The maximum absolute atomic E-state index is 12.3. The molecule has 6 nitrogen and oxygen atoms in total. The summed E-state index contributed by atoms with van der Waals surface area (Å²) < 4.78 is 4.54. The number of hydrogen-bond donors (Lipinski definition) is 0. The summed E-state index contributed by atoms with van der Waals surface area (Å²) in [5, 5.41) is 11.6. The SMILES string of the molecule is COC(=O)N(C)CC(=O)[C@H](C#N)c1nc(-c2ccc(C)cc2)cs1. The summed E-state index contributed by atoms with van der Waals surface area (Å²) in [6.45, 7) is 1.79. The van der Waals surface area contributed by atoms with Crippen molar-refractivity contribution in [2.24, 2.45) is 0 Å². The van der Waals surface area contributed by atoms with Gasteiger partial charge in [0.05, 0.1) is 25.4 Å². The monoisotopic (exact) mass is 343 g/mol. The lowest BCUT2D eigenvalue weighted by Crippen LogP contribution is -2.34. The molecule has 2 aromatic rings. The Morgan fingerprint density at radius 3 is 2.62 bits per heavy atom. The highest BCUT2D eigenvalue weighted by atomic mass is 32.1. The molecule has 0 aliphatic carbocycles. The Morgan fingerprint density at radius 1 is 1.38 bits per heavy atom. The fourth-order valence-corrected chi connectivity index (χ4v) is 2.98. The van der Waals surface area contributed by atoms with Gasteiger partial charge in [-0.15, -0.1) is 11.3 Å². The number of ketones is 1. The van der Waals surface area contributed by atoms with Crippen molar-refractivity contribution < 1.29 is 14.3 Å². The van der Waals surface area contributed by atoms with E-state index < -0.39 is 17.8 Å². The molecule has 0 fully saturated rings. The van der Waals surface area contributed by atoms with Gasteiger partial charge in [0.1, 0.15) is 5.01 Å². The van der Waals surface area contributed by atoms with Gasteiger partial charge in [0, 0.05) is 18.0 Å². The van der Waals surface area contributed by atoms with Gasteiger partial charge in [-0.3, -0.25) is 4.79 Å². The van der Waals surface area contributed by atoms with Crippen LogP contribution in [-0.2, 0) is 9.53 Å². The Labute approximate surface area is 144 Å². The number of thiazole rings is 1. The van der Waals surface area contributed by atoms with Crippen LogP contribution in [0.3, 0.4) is 0 Å². The van der Waals surface area contributed by atoms with E-state index in [0.717, 1.165) is 21.7 Å². The van der Waals surface area contributed by atoms with Crippen LogP contribution in [0.4, 0.5) is 4.79 Å². The molecule has 2 rings (SSSR count). The number of amides is 1. The maximum atomic E-state index is 12.3. The molecule has 24 heavy (non-hydrogen) atoms. The van der Waals surface area contributed by atoms with Crippen LogP contribution in [0, 0.1) is 18.3 Å². The average molecular weight is 343 g/mol. The molecule has 0 radical (unpaired) electrons. The molecule has 1 aromatic heterocycles. The van der Waals surface area contributed by atoms with Gasteiger partial charge in [-0.25, -0.2) is 9.78 Å². The second-order valence-corrected chi connectivity index (χ2v) is 6.18. The number of benzene rings is 1. The first-order valence-electron chi connectivity index (χ1n) is 7.20. The number of hydrogen-bond acceptors (Lipinski definition) is 6. The number of ether oxygens (including phenoxy) is 1. The van der Waals surface area contributed by atoms with Crippen molar-refractivity contribution in [3.63, 3.8) is 0 Å². The van der Waals surface area contributed by atoms with E-state index in [-0.39, 0.29) is 6.54 Å². The molecule has 0 spiro atoms. The third kappa shape index (κ3) is 3.97. The standard InChI is InChI=1S/C17H17N3O3S/c1-11-4-6-12(7-5-11)14-10-24-16(19-14)13(8-18)15(21)9-20(2)17(22)23-3/h4-7,10,13H,9H2,1-3H3/t13-/m0/s1. The van der Waals surface area contributed by atoms with E-state index in [1.165, 1.54) is 25.5 Å². The first kappa shape index (κ1) is 17.6. The molecule has 7 heteroatoms. The van der Waals surface area contributed by atoms with E-state index in [2.05, 4.69) is 9.72 Å². The molecule has 0 unspecified atom stereocenters. The number of nitrogens with zero attached hydrogens (tertiary/aromatic N) is 3. The number of nitriles is 1. The van der Waals surface area contributed by atoms with Crippen LogP contribution < -0.4 is 0 Å². The fourth-order valence-electron chi connectivity index (χ4n) is 2.09. The van der Waals surface area contributed by atoms with Crippen LogP contribution in [0.1, 0.15) is 16.5 Å². The van der Waals surface area contributed by atoms with Crippen LogP contribution >= 0.6 is 11.3 Å². The second-order valence-electron chi connectivity index (χ2n) is 5.29. The molecule has 1 atom stereocenters. The maximum Gasteiger partial charge on any atom is 0.409 e. The lowest BCUT2D eigenvalue weighted by Gasteiger charge is -2.15. The molecular weight excluding hydrogens is 326 g/mol. The molecular formula is C17H17N3O3S. The molecule has 1 aromatic carbocycles. The topological polar surface area (TPSA) is 83.3 Å². The molecule has 1 heterocycles. The Hall–Kier alpha value is -2.72. The van der Waals surface area contributed by atoms with Gasteiger partial charge in [0.15, 0.2) is 11.7 Å². The molecule has 124 valence electrons. The molecule has 0 N–H and O–H groups in total. The summed E-state index contributed by atoms with van der Waals surface area (Å²) in [5.41, 5.74) is 2.80. The predicted molar refractivity (Wildman–Crippen MR) is 90.7 cm³/mol. The Balaban J connectivity index is 2.17. The fraction of sp³-hybridized carbons (Fsp3) is 0.294.